The first-order valence-electron chi connectivity index (χ1n) is 13.1. The van der Waals surface area contributed by atoms with Gasteiger partial charge in [-0.15, -0.1) is 0 Å². The fourth-order valence-electron chi connectivity index (χ4n) is 4.59. The number of likely N-dealkylation sites (tertiary alicyclic amines) is 1. The lowest BCUT2D eigenvalue weighted by Gasteiger charge is -2.32. The van der Waals surface area contributed by atoms with E-state index in [0.29, 0.717) is 47.1 Å². The molecule has 3 aromatic rings. The number of nitrogens with one attached hydrogen (secondary N) is 1. The SMILES string of the molecule is COc1ccccc1Sc1ccc(C=CC(=O)N2CCC(NC(=O)CC(C(=O)O)c3ccccc3)CC2)c(Cl)c1Cl. The molecule has 0 bridgehead atoms. The number of hydrogen-bond donors (Lipinski definition) is 2. The van der Waals surface area contributed by atoms with Crippen LogP contribution in [0.25, 0.3) is 6.08 Å². The van der Waals surface area contributed by atoms with Crippen LogP contribution in [0.5, 0.6) is 5.75 Å². The van der Waals surface area contributed by atoms with Crippen molar-refractivity contribution in [2.75, 3.05) is 20.2 Å². The minimum atomic E-state index is -1.04. The van der Waals surface area contributed by atoms with E-state index in [1.54, 1.807) is 48.4 Å². The van der Waals surface area contributed by atoms with E-state index in [4.69, 9.17) is 27.9 Å². The van der Waals surface area contributed by atoms with Gasteiger partial charge in [-0.25, -0.2) is 0 Å². The zero-order chi connectivity index (χ0) is 29.4. The molecule has 214 valence electrons. The Kier molecular flexibility index (Phi) is 10.7. The summed E-state index contributed by atoms with van der Waals surface area (Å²) in [5.74, 6) is -1.68. The van der Waals surface area contributed by atoms with Gasteiger partial charge in [-0.3, -0.25) is 14.4 Å². The highest BCUT2D eigenvalue weighted by molar-refractivity contribution is 7.99. The van der Waals surface area contributed by atoms with Gasteiger partial charge in [0.2, 0.25) is 11.8 Å². The van der Waals surface area contributed by atoms with Gasteiger partial charge in [-0.1, -0.05) is 83.5 Å². The van der Waals surface area contributed by atoms with Crippen molar-refractivity contribution in [1.29, 1.82) is 0 Å². The van der Waals surface area contributed by atoms with Gasteiger partial charge in [0.05, 0.1) is 28.0 Å². The van der Waals surface area contributed by atoms with E-state index >= 15 is 0 Å². The third kappa shape index (κ3) is 8.06. The number of para-hydroxylation sites is 1. The Morgan fingerprint density at radius 3 is 2.37 bits per heavy atom. The Morgan fingerprint density at radius 2 is 1.68 bits per heavy atom. The number of carboxylic acid groups (broad SMARTS) is 1. The molecule has 1 atom stereocenters. The third-order valence-corrected chi connectivity index (χ3v) is 8.96. The van der Waals surface area contributed by atoms with Crippen molar-refractivity contribution in [3.05, 3.63) is 94.0 Å². The Hall–Kier alpha value is -3.46. The minimum Gasteiger partial charge on any atom is -0.496 e. The second-order valence-electron chi connectivity index (χ2n) is 9.54. The Balaban J connectivity index is 1.29. The van der Waals surface area contributed by atoms with Crippen LogP contribution < -0.4 is 10.1 Å². The molecule has 1 unspecified atom stereocenters. The van der Waals surface area contributed by atoms with Crippen LogP contribution in [-0.2, 0) is 14.4 Å². The summed E-state index contributed by atoms with van der Waals surface area (Å²) in [6.45, 7) is 0.941. The van der Waals surface area contributed by atoms with Crippen LogP contribution in [0, 0.1) is 0 Å². The number of carbonyl (C=O) groups excluding carboxylic acids is 2. The van der Waals surface area contributed by atoms with E-state index in [0.717, 1.165) is 15.5 Å². The van der Waals surface area contributed by atoms with E-state index in [1.165, 1.54) is 17.8 Å². The van der Waals surface area contributed by atoms with Gasteiger partial charge in [-0.05, 0) is 48.2 Å². The highest BCUT2D eigenvalue weighted by Gasteiger charge is 2.27. The van der Waals surface area contributed by atoms with Gasteiger partial charge < -0.3 is 20.1 Å². The van der Waals surface area contributed by atoms with Crippen molar-refractivity contribution in [1.82, 2.24) is 10.2 Å². The van der Waals surface area contributed by atoms with Crippen LogP contribution in [-0.4, -0.2) is 54.0 Å². The molecule has 1 aliphatic rings. The molecule has 0 aromatic heterocycles. The summed E-state index contributed by atoms with van der Waals surface area (Å²) in [7, 11) is 1.61. The zero-order valence-electron chi connectivity index (χ0n) is 22.4. The van der Waals surface area contributed by atoms with Crippen LogP contribution in [0.15, 0.2) is 82.6 Å². The summed E-state index contributed by atoms with van der Waals surface area (Å²) < 4.78 is 5.41. The predicted octanol–water partition coefficient (Wildman–Crippen LogP) is 6.53. The van der Waals surface area contributed by atoms with Gasteiger partial charge >= 0.3 is 5.97 Å². The summed E-state index contributed by atoms with van der Waals surface area (Å²) in [6.07, 6.45) is 4.14. The standard InChI is InChI=1S/C31H30Cl2N2O5S/c1-40-24-9-5-6-10-25(24)41-26-13-11-21(29(32)30(26)33)12-14-28(37)35-17-15-22(16-18-35)34-27(36)19-23(31(38)39)20-7-3-2-4-8-20/h2-14,22-23H,15-19H2,1H3,(H,34,36)(H,38,39). The number of hydrogen-bond acceptors (Lipinski definition) is 5. The van der Waals surface area contributed by atoms with Crippen LogP contribution >= 0.6 is 35.0 Å². The highest BCUT2D eigenvalue weighted by atomic mass is 35.5. The normalized spacial score (nSPS) is 14.6. The molecule has 0 radical (unpaired) electrons. The average Bonchev–Trinajstić information content (AvgIpc) is 2.98. The van der Waals surface area contributed by atoms with Crippen LogP contribution in [0.1, 0.15) is 36.3 Å². The topological polar surface area (TPSA) is 95.9 Å². The molecule has 2 N–H and O–H groups in total. The summed E-state index contributed by atoms with van der Waals surface area (Å²) in [4.78, 5) is 40.5. The first-order valence-corrected chi connectivity index (χ1v) is 14.7. The molecule has 4 rings (SSSR count). The molecule has 1 fully saturated rings. The van der Waals surface area contributed by atoms with Gasteiger partial charge in [-0.2, -0.15) is 0 Å². The van der Waals surface area contributed by atoms with Crippen LogP contribution in [0.4, 0.5) is 0 Å². The van der Waals surface area contributed by atoms with E-state index in [1.807, 2.05) is 36.4 Å². The monoisotopic (exact) mass is 612 g/mol. The molecular formula is C31H30Cl2N2O5S. The molecule has 1 heterocycles. The fourth-order valence-corrected chi connectivity index (χ4v) is 6.13. The van der Waals surface area contributed by atoms with Crippen LogP contribution in [0.2, 0.25) is 10.0 Å². The highest BCUT2D eigenvalue weighted by Crippen LogP contribution is 2.42. The number of amides is 2. The van der Waals surface area contributed by atoms with E-state index < -0.39 is 11.9 Å². The number of ether oxygens (including phenoxy) is 1. The summed E-state index contributed by atoms with van der Waals surface area (Å²) in [5.41, 5.74) is 1.22. The number of piperidine rings is 1. The molecule has 0 aliphatic carbocycles. The number of carbonyl (C=O) groups is 3. The first kappa shape index (κ1) is 30.5. The Bertz CT molecular complexity index is 1430. The second-order valence-corrected chi connectivity index (χ2v) is 11.4. The molecule has 7 nitrogen and oxygen atoms in total. The largest absolute Gasteiger partial charge is 0.496 e. The predicted molar refractivity (Wildman–Crippen MR) is 162 cm³/mol. The van der Waals surface area contributed by atoms with Crippen molar-refractivity contribution >= 4 is 58.8 Å². The van der Waals surface area contributed by atoms with Crippen molar-refractivity contribution in [3.8, 4) is 5.75 Å². The zero-order valence-corrected chi connectivity index (χ0v) is 24.7. The smallest absolute Gasteiger partial charge is 0.311 e. The Labute approximate surface area is 253 Å². The number of carboxylic acids is 1. The minimum absolute atomic E-state index is 0.123. The molecule has 41 heavy (non-hydrogen) atoms. The maximum Gasteiger partial charge on any atom is 0.311 e. The number of rotatable bonds is 10. The number of aliphatic carboxylic acids is 1. The molecule has 10 heteroatoms. The molecule has 1 saturated heterocycles. The second kappa shape index (κ2) is 14.4. The fraction of sp³-hybridized carbons (Fsp3) is 0.258. The molecule has 3 aromatic carbocycles. The lowest BCUT2D eigenvalue weighted by atomic mass is 9.95. The molecule has 2 amide bonds. The van der Waals surface area contributed by atoms with Gasteiger partial charge in [0.1, 0.15) is 5.75 Å². The lowest BCUT2D eigenvalue weighted by Crippen LogP contribution is -2.46. The van der Waals surface area contributed by atoms with Crippen molar-refractivity contribution in [2.45, 2.75) is 41.0 Å². The van der Waals surface area contributed by atoms with Gasteiger partial charge in [0, 0.05) is 36.5 Å². The van der Waals surface area contributed by atoms with E-state index in [2.05, 4.69) is 5.32 Å². The average molecular weight is 614 g/mol. The molecule has 0 saturated carbocycles. The van der Waals surface area contributed by atoms with Crippen LogP contribution in [0.3, 0.4) is 0 Å². The number of nitrogens with zero attached hydrogens (tertiary/aromatic N) is 1. The maximum atomic E-state index is 12.8. The molecule has 0 spiro atoms. The number of benzene rings is 3. The van der Waals surface area contributed by atoms with Crippen molar-refractivity contribution in [2.24, 2.45) is 0 Å². The lowest BCUT2D eigenvalue weighted by molar-refractivity contribution is -0.141. The maximum absolute atomic E-state index is 12.8. The number of halogens is 2. The third-order valence-electron chi connectivity index (χ3n) is 6.83. The van der Waals surface area contributed by atoms with Gasteiger partial charge in [0.25, 0.3) is 0 Å². The first-order chi connectivity index (χ1) is 19.8. The van der Waals surface area contributed by atoms with E-state index in [9.17, 15) is 19.5 Å². The van der Waals surface area contributed by atoms with Gasteiger partial charge in [0.15, 0.2) is 0 Å². The summed E-state index contributed by atoms with van der Waals surface area (Å²) in [6, 6.07) is 19.9. The van der Waals surface area contributed by atoms with E-state index in [-0.39, 0.29) is 24.3 Å². The summed E-state index contributed by atoms with van der Waals surface area (Å²) in [5, 5.41) is 13.3. The molecular weight excluding hydrogens is 583 g/mol. The summed E-state index contributed by atoms with van der Waals surface area (Å²) >= 11 is 14.5. The number of methoxy groups -OCH3 is 1. The quantitative estimate of drug-likeness (QED) is 0.253. The Morgan fingerprint density at radius 1 is 1.00 bits per heavy atom. The van der Waals surface area contributed by atoms with Crippen molar-refractivity contribution < 1.29 is 24.2 Å². The molecule has 1 aliphatic heterocycles. The van der Waals surface area contributed by atoms with Crippen molar-refractivity contribution in [3.63, 3.8) is 0 Å².